The van der Waals surface area contributed by atoms with Gasteiger partial charge in [-0.05, 0) is 27.7 Å². The molecule has 0 spiro atoms. The Morgan fingerprint density at radius 2 is 2.10 bits per heavy atom. The van der Waals surface area contributed by atoms with Crippen LogP contribution in [0.5, 0.6) is 0 Å². The van der Waals surface area contributed by atoms with Crippen molar-refractivity contribution in [2.75, 3.05) is 7.05 Å². The van der Waals surface area contributed by atoms with E-state index in [1.54, 1.807) is 7.05 Å². The molecule has 0 unspecified atom stereocenters. The van der Waals surface area contributed by atoms with E-state index in [9.17, 15) is 4.79 Å². The molecular formula is C14H22ClN5O. The first-order valence-electron chi connectivity index (χ1n) is 7.06. The second-order valence-corrected chi connectivity index (χ2v) is 6.05. The minimum absolute atomic E-state index is 0.0100. The van der Waals surface area contributed by atoms with Crippen LogP contribution in [-0.4, -0.2) is 32.3 Å². The molecular weight excluding hydrogens is 290 g/mol. The number of aryl methyl sites for hydroxylation is 2. The summed E-state index contributed by atoms with van der Waals surface area (Å²) in [5.74, 6) is 1.07. The lowest BCUT2D eigenvalue weighted by Gasteiger charge is -2.24. The van der Waals surface area contributed by atoms with Crippen LogP contribution in [0, 0.1) is 12.3 Å². The molecule has 0 saturated carbocycles. The second kappa shape index (κ2) is 5.67. The molecule has 0 aliphatic heterocycles. The average Bonchev–Trinajstić information content (AvgIpc) is 2.96. The van der Waals surface area contributed by atoms with Gasteiger partial charge < -0.3 is 9.88 Å². The maximum absolute atomic E-state index is 12.1. The molecule has 2 aromatic rings. The molecule has 0 aliphatic rings. The molecule has 116 valence electrons. The van der Waals surface area contributed by atoms with E-state index < -0.39 is 5.41 Å². The normalized spacial score (nSPS) is 12.1. The first kappa shape index (κ1) is 15.8. The number of hydrogen-bond donors (Lipinski definition) is 1. The van der Waals surface area contributed by atoms with Gasteiger partial charge in [0.05, 0.1) is 17.0 Å². The third-order valence-corrected chi connectivity index (χ3v) is 3.93. The Bertz CT molecular complexity index is 670. The third kappa shape index (κ3) is 2.64. The van der Waals surface area contributed by atoms with Crippen LogP contribution in [0.3, 0.4) is 0 Å². The number of nitrogens with zero attached hydrogens (tertiary/aromatic N) is 4. The van der Waals surface area contributed by atoms with Crippen molar-refractivity contribution in [1.29, 1.82) is 0 Å². The SMILES string of the molecule is CCn1nc(C)c2nc(CCl)n(CC(C)(C)C(=O)NC)c21. The Hall–Kier alpha value is -1.56. The summed E-state index contributed by atoms with van der Waals surface area (Å²) in [5.41, 5.74) is 2.12. The molecule has 0 bridgehead atoms. The Morgan fingerprint density at radius 1 is 1.43 bits per heavy atom. The van der Waals surface area contributed by atoms with E-state index in [4.69, 9.17) is 11.6 Å². The fourth-order valence-corrected chi connectivity index (χ4v) is 2.77. The second-order valence-electron chi connectivity index (χ2n) is 5.78. The number of rotatable bonds is 5. The highest BCUT2D eigenvalue weighted by Crippen LogP contribution is 2.26. The van der Waals surface area contributed by atoms with Gasteiger partial charge in [0, 0.05) is 20.1 Å². The Kier molecular flexibility index (Phi) is 4.27. The van der Waals surface area contributed by atoms with Crippen molar-refractivity contribution in [2.45, 2.75) is 46.7 Å². The summed E-state index contributed by atoms with van der Waals surface area (Å²) in [6.45, 7) is 9.06. The number of aromatic nitrogens is 4. The van der Waals surface area contributed by atoms with Crippen molar-refractivity contribution < 1.29 is 4.79 Å². The number of halogens is 1. The molecule has 2 rings (SSSR count). The van der Waals surface area contributed by atoms with Crippen molar-refractivity contribution >= 4 is 28.7 Å². The lowest BCUT2D eigenvalue weighted by Crippen LogP contribution is -2.38. The van der Waals surface area contributed by atoms with E-state index in [0.717, 1.165) is 29.2 Å². The number of nitrogens with one attached hydrogen (secondary N) is 1. The Labute approximate surface area is 129 Å². The van der Waals surface area contributed by atoms with Gasteiger partial charge in [0.15, 0.2) is 5.65 Å². The average molecular weight is 312 g/mol. The van der Waals surface area contributed by atoms with Gasteiger partial charge in [0.1, 0.15) is 11.3 Å². The molecule has 0 saturated heterocycles. The Morgan fingerprint density at radius 3 is 2.62 bits per heavy atom. The third-order valence-electron chi connectivity index (χ3n) is 3.69. The first-order chi connectivity index (χ1) is 9.85. The quantitative estimate of drug-likeness (QED) is 0.860. The lowest BCUT2D eigenvalue weighted by molar-refractivity contribution is -0.129. The summed E-state index contributed by atoms with van der Waals surface area (Å²) in [7, 11) is 1.65. The molecule has 0 radical (unpaired) electrons. The van der Waals surface area contributed by atoms with Gasteiger partial charge in [0.2, 0.25) is 5.91 Å². The van der Waals surface area contributed by atoms with Gasteiger partial charge in [-0.2, -0.15) is 5.10 Å². The van der Waals surface area contributed by atoms with Crippen LogP contribution in [0.15, 0.2) is 0 Å². The van der Waals surface area contributed by atoms with Crippen LogP contribution in [0.25, 0.3) is 11.2 Å². The summed E-state index contributed by atoms with van der Waals surface area (Å²) < 4.78 is 3.93. The zero-order chi connectivity index (χ0) is 15.8. The van der Waals surface area contributed by atoms with Gasteiger partial charge in [-0.3, -0.25) is 4.79 Å². The number of carbonyl (C=O) groups excluding carboxylic acids is 1. The van der Waals surface area contributed by atoms with E-state index >= 15 is 0 Å². The predicted octanol–water partition coefficient (Wildman–Crippen LogP) is 2.07. The molecule has 7 heteroatoms. The molecule has 2 aromatic heterocycles. The van der Waals surface area contributed by atoms with Crippen LogP contribution in [0.1, 0.15) is 32.3 Å². The number of fused-ring (bicyclic) bond motifs is 1. The zero-order valence-electron chi connectivity index (χ0n) is 13.2. The molecule has 0 atom stereocenters. The van der Waals surface area contributed by atoms with Crippen LogP contribution in [-0.2, 0) is 23.8 Å². The lowest BCUT2D eigenvalue weighted by atomic mass is 9.92. The summed E-state index contributed by atoms with van der Waals surface area (Å²) in [6, 6.07) is 0. The van der Waals surface area contributed by atoms with Crippen LogP contribution in [0.2, 0.25) is 0 Å². The Balaban J connectivity index is 2.58. The minimum atomic E-state index is -0.556. The molecule has 2 heterocycles. The van der Waals surface area contributed by atoms with Gasteiger partial charge in [-0.1, -0.05) is 0 Å². The molecule has 1 amide bonds. The monoisotopic (exact) mass is 311 g/mol. The van der Waals surface area contributed by atoms with Crippen LogP contribution < -0.4 is 5.32 Å². The van der Waals surface area contributed by atoms with E-state index in [0.29, 0.717) is 12.4 Å². The molecule has 0 aliphatic carbocycles. The molecule has 0 fully saturated rings. The largest absolute Gasteiger partial charge is 0.359 e. The van der Waals surface area contributed by atoms with Gasteiger partial charge in [0.25, 0.3) is 0 Å². The summed E-state index contributed by atoms with van der Waals surface area (Å²) in [6.07, 6.45) is 0. The summed E-state index contributed by atoms with van der Waals surface area (Å²) >= 11 is 6.04. The fraction of sp³-hybridized carbons (Fsp3) is 0.643. The molecule has 21 heavy (non-hydrogen) atoms. The van der Waals surface area contributed by atoms with Crippen molar-refractivity contribution in [1.82, 2.24) is 24.6 Å². The number of carbonyl (C=O) groups is 1. The molecule has 1 N–H and O–H groups in total. The van der Waals surface area contributed by atoms with Crippen molar-refractivity contribution in [3.8, 4) is 0 Å². The number of amides is 1. The molecule has 6 nitrogen and oxygen atoms in total. The van der Waals surface area contributed by atoms with Crippen LogP contribution >= 0.6 is 11.6 Å². The highest BCUT2D eigenvalue weighted by Gasteiger charge is 2.30. The smallest absolute Gasteiger partial charge is 0.227 e. The fourth-order valence-electron chi connectivity index (χ4n) is 2.56. The van der Waals surface area contributed by atoms with Gasteiger partial charge in [-0.25, -0.2) is 9.67 Å². The van der Waals surface area contributed by atoms with Crippen LogP contribution in [0.4, 0.5) is 0 Å². The minimum Gasteiger partial charge on any atom is -0.359 e. The van der Waals surface area contributed by atoms with Crippen molar-refractivity contribution in [3.63, 3.8) is 0 Å². The summed E-state index contributed by atoms with van der Waals surface area (Å²) in [4.78, 5) is 16.6. The van der Waals surface area contributed by atoms with Gasteiger partial charge in [-0.15, -0.1) is 11.6 Å². The van der Waals surface area contributed by atoms with E-state index in [2.05, 4.69) is 15.4 Å². The maximum Gasteiger partial charge on any atom is 0.227 e. The van der Waals surface area contributed by atoms with Crippen molar-refractivity contribution in [3.05, 3.63) is 11.5 Å². The van der Waals surface area contributed by atoms with E-state index in [1.807, 2.05) is 36.9 Å². The first-order valence-corrected chi connectivity index (χ1v) is 7.59. The standard InChI is InChI=1S/C14H22ClN5O/c1-6-20-12-11(9(2)18-20)17-10(7-15)19(12)8-14(3,4)13(21)16-5/h6-8H2,1-5H3,(H,16,21). The van der Waals surface area contributed by atoms with E-state index in [1.165, 1.54) is 0 Å². The van der Waals surface area contributed by atoms with E-state index in [-0.39, 0.29) is 5.91 Å². The number of alkyl halides is 1. The van der Waals surface area contributed by atoms with Gasteiger partial charge >= 0.3 is 0 Å². The number of imidazole rings is 1. The zero-order valence-corrected chi connectivity index (χ0v) is 14.0. The number of hydrogen-bond acceptors (Lipinski definition) is 3. The highest BCUT2D eigenvalue weighted by atomic mass is 35.5. The van der Waals surface area contributed by atoms with Crippen molar-refractivity contribution in [2.24, 2.45) is 5.41 Å². The maximum atomic E-state index is 12.1. The molecule has 0 aromatic carbocycles. The highest BCUT2D eigenvalue weighted by molar-refractivity contribution is 6.16. The topological polar surface area (TPSA) is 64.7 Å². The predicted molar refractivity (Wildman–Crippen MR) is 83.3 cm³/mol. The summed E-state index contributed by atoms with van der Waals surface area (Å²) in [5, 5.41) is 7.20.